The second-order valence-electron chi connectivity index (χ2n) is 7.68. The summed E-state index contributed by atoms with van der Waals surface area (Å²) in [6.07, 6.45) is 5.62. The van der Waals surface area contributed by atoms with Crippen molar-refractivity contribution in [2.45, 2.75) is 38.6 Å². The Morgan fingerprint density at radius 1 is 1.12 bits per heavy atom. The fraction of sp³-hybridized carbons (Fsp3) is 0.391. The number of amides is 1. The van der Waals surface area contributed by atoms with Crippen LogP contribution in [0.2, 0.25) is 0 Å². The quantitative estimate of drug-likeness (QED) is 0.527. The lowest BCUT2D eigenvalue weighted by molar-refractivity contribution is -0.116. The van der Waals surface area contributed by atoms with E-state index in [2.05, 4.69) is 10.3 Å². The number of ether oxygens (including phenoxy) is 3. The normalized spacial score (nSPS) is 12.8. The number of carbonyl (C=O) groups excluding carboxylic acids is 2. The van der Waals surface area contributed by atoms with E-state index in [-0.39, 0.29) is 35.7 Å². The number of benzene rings is 1. The van der Waals surface area contributed by atoms with Gasteiger partial charge in [-0.3, -0.25) is 14.2 Å². The third-order valence-electron chi connectivity index (χ3n) is 5.72. The van der Waals surface area contributed by atoms with Crippen molar-refractivity contribution < 1.29 is 23.8 Å². The fourth-order valence-electron chi connectivity index (χ4n) is 4.04. The zero-order valence-corrected chi connectivity index (χ0v) is 19.5. The summed E-state index contributed by atoms with van der Waals surface area (Å²) in [6.45, 7) is 0.166. The molecule has 2 aromatic heterocycles. The highest BCUT2D eigenvalue weighted by Gasteiger charge is 2.21. The number of aromatic nitrogens is 2. The number of esters is 1. The van der Waals surface area contributed by atoms with Crippen molar-refractivity contribution >= 4 is 39.1 Å². The second kappa shape index (κ2) is 9.62. The van der Waals surface area contributed by atoms with Crippen LogP contribution >= 0.6 is 11.3 Å². The molecule has 0 aliphatic heterocycles. The Bertz CT molecular complexity index is 1280. The predicted molar refractivity (Wildman–Crippen MR) is 125 cm³/mol. The Kier molecular flexibility index (Phi) is 6.64. The van der Waals surface area contributed by atoms with E-state index in [0.29, 0.717) is 16.9 Å². The van der Waals surface area contributed by atoms with E-state index in [4.69, 9.17) is 14.2 Å². The number of nitrogens with one attached hydrogen (secondary N) is 1. The maximum atomic E-state index is 13.1. The molecule has 0 unspecified atom stereocenters. The molecule has 10 heteroatoms. The summed E-state index contributed by atoms with van der Waals surface area (Å²) in [7, 11) is 4.16. The first-order valence-corrected chi connectivity index (χ1v) is 11.4. The summed E-state index contributed by atoms with van der Waals surface area (Å²) in [4.78, 5) is 44.4. The minimum Gasteiger partial charge on any atom is -0.493 e. The highest BCUT2D eigenvalue weighted by molar-refractivity contribution is 7.18. The first-order valence-electron chi connectivity index (χ1n) is 10.6. The van der Waals surface area contributed by atoms with Crippen LogP contribution in [0.15, 0.2) is 23.3 Å². The maximum Gasteiger partial charge on any atom is 0.340 e. The third-order valence-corrected chi connectivity index (χ3v) is 6.92. The van der Waals surface area contributed by atoms with Gasteiger partial charge in [0.2, 0.25) is 5.91 Å². The molecule has 0 bridgehead atoms. The SMILES string of the molecule is COC(=O)c1cc(OC)c(OC)cc1NC(=O)CCn1cnc2sc3c(c2c1=O)CCCC3. The van der Waals surface area contributed by atoms with Crippen molar-refractivity contribution in [3.05, 3.63) is 44.8 Å². The fourth-order valence-corrected chi connectivity index (χ4v) is 5.26. The number of hydrogen-bond acceptors (Lipinski definition) is 8. The van der Waals surface area contributed by atoms with Crippen LogP contribution in [0, 0.1) is 0 Å². The van der Waals surface area contributed by atoms with Gasteiger partial charge in [-0.05, 0) is 31.2 Å². The highest BCUT2D eigenvalue weighted by Crippen LogP contribution is 2.34. The largest absolute Gasteiger partial charge is 0.493 e. The molecule has 0 radical (unpaired) electrons. The number of anilines is 1. The maximum absolute atomic E-state index is 13.1. The van der Waals surface area contributed by atoms with E-state index < -0.39 is 5.97 Å². The van der Waals surface area contributed by atoms with E-state index in [0.717, 1.165) is 36.1 Å². The highest BCUT2D eigenvalue weighted by atomic mass is 32.1. The summed E-state index contributed by atoms with van der Waals surface area (Å²) in [5.74, 6) is -0.305. The molecule has 2 heterocycles. The predicted octanol–water partition coefficient (Wildman–Crippen LogP) is 3.17. The van der Waals surface area contributed by atoms with Gasteiger partial charge in [-0.2, -0.15) is 0 Å². The Morgan fingerprint density at radius 2 is 1.85 bits per heavy atom. The first-order chi connectivity index (χ1) is 16.0. The van der Waals surface area contributed by atoms with Crippen LogP contribution in [0.3, 0.4) is 0 Å². The number of aryl methyl sites for hydroxylation is 3. The standard InChI is InChI=1S/C23H25N3O6S/c1-30-16-10-14(23(29)32-3)15(11-17(16)31-2)25-19(27)8-9-26-12-24-21-20(22(26)28)13-6-4-5-7-18(13)33-21/h10-12H,4-9H2,1-3H3,(H,25,27). The number of fused-ring (bicyclic) bond motifs is 3. The molecule has 33 heavy (non-hydrogen) atoms. The molecule has 0 atom stereocenters. The molecule has 9 nitrogen and oxygen atoms in total. The molecule has 4 rings (SSSR count). The Balaban J connectivity index is 1.54. The van der Waals surface area contributed by atoms with Gasteiger partial charge in [0.05, 0.1) is 44.3 Å². The molecule has 0 fully saturated rings. The molecule has 0 saturated carbocycles. The summed E-state index contributed by atoms with van der Waals surface area (Å²) in [5.41, 5.74) is 1.37. The summed E-state index contributed by atoms with van der Waals surface area (Å²) in [6, 6.07) is 2.95. The molecule has 1 aromatic carbocycles. The van der Waals surface area contributed by atoms with Crippen LogP contribution in [-0.2, 0) is 28.9 Å². The molecule has 1 N–H and O–H groups in total. The van der Waals surface area contributed by atoms with Crippen LogP contribution in [0.4, 0.5) is 5.69 Å². The minimum atomic E-state index is -0.626. The average molecular weight is 472 g/mol. The van der Waals surface area contributed by atoms with Crippen molar-refractivity contribution in [3.8, 4) is 11.5 Å². The van der Waals surface area contributed by atoms with Crippen molar-refractivity contribution in [3.63, 3.8) is 0 Å². The van der Waals surface area contributed by atoms with Crippen molar-refractivity contribution in [2.75, 3.05) is 26.6 Å². The number of carbonyl (C=O) groups is 2. The molecule has 0 spiro atoms. The van der Waals surface area contributed by atoms with Crippen LogP contribution in [-0.4, -0.2) is 42.8 Å². The third kappa shape index (κ3) is 4.43. The van der Waals surface area contributed by atoms with E-state index >= 15 is 0 Å². The molecule has 174 valence electrons. The van der Waals surface area contributed by atoms with Gasteiger partial charge < -0.3 is 19.5 Å². The topological polar surface area (TPSA) is 109 Å². The first kappa shape index (κ1) is 22.8. The van der Waals surface area contributed by atoms with Gasteiger partial charge in [-0.15, -0.1) is 11.3 Å². The van der Waals surface area contributed by atoms with Crippen LogP contribution in [0.1, 0.15) is 40.1 Å². The molecule has 0 saturated heterocycles. The van der Waals surface area contributed by atoms with Gasteiger partial charge in [0, 0.05) is 30.0 Å². The second-order valence-corrected chi connectivity index (χ2v) is 8.76. The lowest BCUT2D eigenvalue weighted by Crippen LogP contribution is -2.24. The Labute approximate surface area is 194 Å². The molecular formula is C23H25N3O6S. The van der Waals surface area contributed by atoms with E-state index in [1.54, 1.807) is 11.3 Å². The van der Waals surface area contributed by atoms with Crippen LogP contribution in [0.5, 0.6) is 11.5 Å². The van der Waals surface area contributed by atoms with E-state index in [1.165, 1.54) is 49.2 Å². The van der Waals surface area contributed by atoms with Gasteiger partial charge >= 0.3 is 5.97 Å². The average Bonchev–Trinajstić information content (AvgIpc) is 3.22. The number of rotatable bonds is 7. The van der Waals surface area contributed by atoms with Gasteiger partial charge in [-0.25, -0.2) is 9.78 Å². The zero-order valence-electron chi connectivity index (χ0n) is 18.7. The summed E-state index contributed by atoms with van der Waals surface area (Å²) in [5, 5.41) is 3.40. The molecule has 1 aliphatic carbocycles. The monoisotopic (exact) mass is 471 g/mol. The van der Waals surface area contributed by atoms with Gasteiger partial charge in [0.25, 0.3) is 5.56 Å². The van der Waals surface area contributed by atoms with Crippen molar-refractivity contribution in [1.82, 2.24) is 9.55 Å². The summed E-state index contributed by atoms with van der Waals surface area (Å²) < 4.78 is 16.8. The van der Waals surface area contributed by atoms with Gasteiger partial charge in [0.1, 0.15) is 4.83 Å². The number of thiophene rings is 1. The number of nitrogens with zero attached hydrogens (tertiary/aromatic N) is 2. The molecule has 1 amide bonds. The van der Waals surface area contributed by atoms with E-state index in [9.17, 15) is 14.4 Å². The van der Waals surface area contributed by atoms with Crippen LogP contribution in [0.25, 0.3) is 10.2 Å². The van der Waals surface area contributed by atoms with Gasteiger partial charge in [0.15, 0.2) is 11.5 Å². The Hall–Kier alpha value is -3.40. The van der Waals surface area contributed by atoms with Gasteiger partial charge in [-0.1, -0.05) is 0 Å². The van der Waals surface area contributed by atoms with Crippen molar-refractivity contribution in [1.29, 1.82) is 0 Å². The number of hydrogen-bond donors (Lipinski definition) is 1. The van der Waals surface area contributed by atoms with Crippen LogP contribution < -0.4 is 20.3 Å². The molecule has 1 aliphatic rings. The lowest BCUT2D eigenvalue weighted by atomic mass is 9.97. The molecular weight excluding hydrogens is 446 g/mol. The van der Waals surface area contributed by atoms with E-state index in [1.807, 2.05) is 0 Å². The molecule has 3 aromatic rings. The zero-order chi connectivity index (χ0) is 23.5. The smallest absolute Gasteiger partial charge is 0.340 e. The minimum absolute atomic E-state index is 0.0222. The number of methoxy groups -OCH3 is 3. The lowest BCUT2D eigenvalue weighted by Gasteiger charge is -2.15. The Morgan fingerprint density at radius 3 is 2.58 bits per heavy atom. The summed E-state index contributed by atoms with van der Waals surface area (Å²) >= 11 is 1.59. The van der Waals surface area contributed by atoms with Crippen molar-refractivity contribution in [2.24, 2.45) is 0 Å².